The van der Waals surface area contributed by atoms with Gasteiger partial charge in [0.1, 0.15) is 11.2 Å². The van der Waals surface area contributed by atoms with Gasteiger partial charge in [-0.15, -0.1) is 0 Å². The summed E-state index contributed by atoms with van der Waals surface area (Å²) in [5.74, 6) is -0.609. The van der Waals surface area contributed by atoms with Crippen LogP contribution in [-0.2, 0) is 30.2 Å². The standard InChI is InChI=1S/C15H14BrN3O4/c1-18-8-10(14(21)19(2)15(18)22)6-7-13(20)23-9-11-4-3-5-12(16)17-11/h3-8H,9H2,1-2H3. The lowest BCUT2D eigenvalue weighted by Crippen LogP contribution is -2.37. The molecule has 0 unspecified atom stereocenters. The van der Waals surface area contributed by atoms with Crippen molar-refractivity contribution in [1.29, 1.82) is 0 Å². The van der Waals surface area contributed by atoms with Gasteiger partial charge in [0.2, 0.25) is 0 Å². The lowest BCUT2D eigenvalue weighted by Gasteiger charge is -2.04. The van der Waals surface area contributed by atoms with Crippen LogP contribution in [0.1, 0.15) is 11.3 Å². The molecule has 2 rings (SSSR count). The van der Waals surface area contributed by atoms with E-state index >= 15 is 0 Å². The number of hydrogen-bond acceptors (Lipinski definition) is 5. The van der Waals surface area contributed by atoms with E-state index in [9.17, 15) is 14.4 Å². The van der Waals surface area contributed by atoms with E-state index in [2.05, 4.69) is 20.9 Å². The third kappa shape index (κ3) is 4.26. The summed E-state index contributed by atoms with van der Waals surface area (Å²) >= 11 is 3.23. The van der Waals surface area contributed by atoms with Crippen LogP contribution >= 0.6 is 15.9 Å². The topological polar surface area (TPSA) is 83.2 Å². The number of carbonyl (C=O) groups is 1. The van der Waals surface area contributed by atoms with Crippen LogP contribution in [0.15, 0.2) is 44.7 Å². The fourth-order valence-corrected chi connectivity index (χ4v) is 2.21. The highest BCUT2D eigenvalue weighted by Gasteiger charge is 2.05. The van der Waals surface area contributed by atoms with E-state index in [4.69, 9.17) is 4.74 Å². The lowest BCUT2D eigenvalue weighted by molar-refractivity contribution is -0.139. The molecular formula is C15H14BrN3O4. The molecule has 8 heteroatoms. The maximum atomic E-state index is 11.9. The molecule has 120 valence electrons. The minimum atomic E-state index is -0.609. The van der Waals surface area contributed by atoms with Gasteiger partial charge >= 0.3 is 11.7 Å². The highest BCUT2D eigenvalue weighted by Crippen LogP contribution is 2.07. The van der Waals surface area contributed by atoms with Crippen molar-refractivity contribution in [1.82, 2.24) is 14.1 Å². The maximum absolute atomic E-state index is 11.9. The second-order valence-corrected chi connectivity index (χ2v) is 5.55. The Morgan fingerprint density at radius 1 is 1.35 bits per heavy atom. The number of aryl methyl sites for hydroxylation is 1. The third-order valence-corrected chi connectivity index (χ3v) is 3.45. The molecule has 0 aliphatic rings. The first-order chi connectivity index (χ1) is 10.9. The monoisotopic (exact) mass is 379 g/mol. The van der Waals surface area contributed by atoms with Crippen molar-refractivity contribution in [2.75, 3.05) is 0 Å². The molecule has 2 heterocycles. The van der Waals surface area contributed by atoms with Crippen LogP contribution in [0.25, 0.3) is 6.08 Å². The molecule has 0 aromatic carbocycles. The molecule has 0 saturated heterocycles. The molecule has 0 N–H and O–H groups in total. The third-order valence-electron chi connectivity index (χ3n) is 3.01. The van der Waals surface area contributed by atoms with E-state index in [0.29, 0.717) is 10.3 Å². The van der Waals surface area contributed by atoms with Gasteiger partial charge < -0.3 is 9.30 Å². The number of ether oxygens (including phenoxy) is 1. The Kier molecular flexibility index (Phi) is 5.28. The van der Waals surface area contributed by atoms with Gasteiger partial charge in [0.15, 0.2) is 0 Å². The van der Waals surface area contributed by atoms with Gasteiger partial charge in [0, 0.05) is 26.4 Å². The zero-order valence-corrected chi connectivity index (χ0v) is 14.1. The summed E-state index contributed by atoms with van der Waals surface area (Å²) in [6.45, 7) is 0.0217. The highest BCUT2D eigenvalue weighted by atomic mass is 79.9. The first-order valence-electron chi connectivity index (χ1n) is 6.61. The largest absolute Gasteiger partial charge is 0.456 e. The number of rotatable bonds is 4. The van der Waals surface area contributed by atoms with Gasteiger partial charge in [-0.3, -0.25) is 9.36 Å². The summed E-state index contributed by atoms with van der Waals surface area (Å²) in [6, 6.07) is 5.27. The van der Waals surface area contributed by atoms with Gasteiger partial charge in [-0.05, 0) is 34.1 Å². The van der Waals surface area contributed by atoms with Crippen molar-refractivity contribution in [2.45, 2.75) is 6.61 Å². The molecule has 23 heavy (non-hydrogen) atoms. The van der Waals surface area contributed by atoms with Crippen LogP contribution in [0, 0.1) is 0 Å². The molecule has 0 spiro atoms. The second-order valence-electron chi connectivity index (χ2n) is 4.73. The molecule has 0 saturated carbocycles. The molecule has 0 bridgehead atoms. The SMILES string of the molecule is Cn1cc(C=CC(=O)OCc2cccc(Br)n2)c(=O)n(C)c1=O. The van der Waals surface area contributed by atoms with Crippen molar-refractivity contribution in [3.63, 3.8) is 0 Å². The summed E-state index contributed by atoms with van der Waals surface area (Å²) < 4.78 is 7.92. The molecule has 0 fully saturated rings. The number of hydrogen-bond donors (Lipinski definition) is 0. The van der Waals surface area contributed by atoms with Crippen molar-refractivity contribution in [3.8, 4) is 0 Å². The van der Waals surface area contributed by atoms with Crippen molar-refractivity contribution in [2.24, 2.45) is 14.1 Å². The van der Waals surface area contributed by atoms with Crippen molar-refractivity contribution < 1.29 is 9.53 Å². The van der Waals surface area contributed by atoms with Gasteiger partial charge in [0.05, 0.1) is 11.3 Å². The van der Waals surface area contributed by atoms with Gasteiger partial charge in [-0.2, -0.15) is 0 Å². The van der Waals surface area contributed by atoms with Crippen LogP contribution < -0.4 is 11.2 Å². The molecule has 0 aliphatic heterocycles. The average Bonchev–Trinajstić information content (AvgIpc) is 2.53. The summed E-state index contributed by atoms with van der Waals surface area (Å²) in [6.07, 6.45) is 3.82. The zero-order valence-electron chi connectivity index (χ0n) is 12.5. The normalized spacial score (nSPS) is 10.9. The summed E-state index contributed by atoms with van der Waals surface area (Å²) in [7, 11) is 2.90. The first-order valence-corrected chi connectivity index (χ1v) is 7.40. The fraction of sp³-hybridized carbons (Fsp3) is 0.200. The van der Waals surface area contributed by atoms with Crippen LogP contribution in [0.4, 0.5) is 0 Å². The zero-order chi connectivity index (χ0) is 17.0. The van der Waals surface area contributed by atoms with Crippen LogP contribution in [-0.4, -0.2) is 20.1 Å². The van der Waals surface area contributed by atoms with E-state index in [0.717, 1.165) is 10.6 Å². The number of aromatic nitrogens is 3. The number of carbonyl (C=O) groups excluding carboxylic acids is 1. The molecule has 2 aromatic heterocycles. The van der Waals surface area contributed by atoms with Gasteiger partial charge in [-0.25, -0.2) is 14.6 Å². The molecule has 7 nitrogen and oxygen atoms in total. The summed E-state index contributed by atoms with van der Waals surface area (Å²) in [4.78, 5) is 39.3. The lowest BCUT2D eigenvalue weighted by atomic mass is 10.3. The Labute approximate surface area is 140 Å². The van der Waals surface area contributed by atoms with Crippen LogP contribution in [0.3, 0.4) is 0 Å². The smallest absolute Gasteiger partial charge is 0.331 e. The summed E-state index contributed by atoms with van der Waals surface area (Å²) in [5, 5.41) is 0. The van der Waals surface area contributed by atoms with Crippen LogP contribution in [0.5, 0.6) is 0 Å². The second kappa shape index (κ2) is 7.19. The molecule has 0 atom stereocenters. The predicted molar refractivity (Wildman–Crippen MR) is 87.7 cm³/mol. The molecule has 0 radical (unpaired) electrons. The Balaban J connectivity index is 2.07. The quantitative estimate of drug-likeness (QED) is 0.449. The molecule has 0 aliphatic carbocycles. The Hall–Kier alpha value is -2.48. The number of pyridine rings is 1. The number of esters is 1. The van der Waals surface area contributed by atoms with E-state index in [1.807, 2.05) is 0 Å². The number of nitrogens with zero attached hydrogens (tertiary/aromatic N) is 3. The fourth-order valence-electron chi connectivity index (χ4n) is 1.83. The minimum absolute atomic E-state index is 0.0217. The summed E-state index contributed by atoms with van der Waals surface area (Å²) in [5.41, 5.74) is -0.104. The Morgan fingerprint density at radius 3 is 2.78 bits per heavy atom. The molecule has 0 amide bonds. The van der Waals surface area contributed by atoms with E-state index in [1.165, 1.54) is 30.9 Å². The van der Waals surface area contributed by atoms with Crippen molar-refractivity contribution in [3.05, 3.63) is 67.2 Å². The Morgan fingerprint density at radius 2 is 2.09 bits per heavy atom. The highest BCUT2D eigenvalue weighted by molar-refractivity contribution is 9.10. The molecular weight excluding hydrogens is 366 g/mol. The van der Waals surface area contributed by atoms with E-state index in [-0.39, 0.29) is 12.2 Å². The Bertz CT molecular complexity index is 883. The van der Waals surface area contributed by atoms with Gasteiger partial charge in [0.25, 0.3) is 5.56 Å². The van der Waals surface area contributed by atoms with Crippen LogP contribution in [0.2, 0.25) is 0 Å². The van der Waals surface area contributed by atoms with Gasteiger partial charge in [-0.1, -0.05) is 6.07 Å². The molecule has 2 aromatic rings. The minimum Gasteiger partial charge on any atom is -0.456 e. The van der Waals surface area contributed by atoms with E-state index < -0.39 is 17.2 Å². The maximum Gasteiger partial charge on any atom is 0.331 e. The average molecular weight is 380 g/mol. The first kappa shape index (κ1) is 16.9. The number of halogens is 1. The van der Waals surface area contributed by atoms with E-state index in [1.54, 1.807) is 18.2 Å². The predicted octanol–water partition coefficient (Wildman–Crippen LogP) is 0.998. The van der Waals surface area contributed by atoms with Crippen molar-refractivity contribution >= 4 is 28.0 Å².